The molecular formula is C27H32N2O5. The number of rotatable bonds is 7. The summed E-state index contributed by atoms with van der Waals surface area (Å²) in [5, 5.41) is 12.3. The number of carbonyl (C=O) groups excluding carboxylic acids is 2. The Bertz CT molecular complexity index is 1030. The molecule has 1 unspecified atom stereocenters. The van der Waals surface area contributed by atoms with Crippen LogP contribution in [0.1, 0.15) is 63.0 Å². The maximum Gasteiger partial charge on any atom is 0.408 e. The largest absolute Gasteiger partial charge is 0.480 e. The van der Waals surface area contributed by atoms with Crippen LogP contribution in [0.2, 0.25) is 0 Å². The number of carboxylic acid groups (broad SMARTS) is 1. The SMILES string of the molecule is CCN(C(=O)C1(NC(=O)OCC2c3ccccc3-c3ccccc32)CCCCC1)C(C)C(=O)O. The van der Waals surface area contributed by atoms with Crippen molar-refractivity contribution < 1.29 is 24.2 Å². The Morgan fingerprint density at radius 1 is 1.03 bits per heavy atom. The zero-order valence-electron chi connectivity index (χ0n) is 19.8. The van der Waals surface area contributed by atoms with Crippen molar-refractivity contribution >= 4 is 18.0 Å². The fraction of sp³-hybridized carbons (Fsp3) is 0.444. The summed E-state index contributed by atoms with van der Waals surface area (Å²) >= 11 is 0. The van der Waals surface area contributed by atoms with Gasteiger partial charge in [0.15, 0.2) is 0 Å². The van der Waals surface area contributed by atoms with Gasteiger partial charge in [-0.2, -0.15) is 0 Å². The summed E-state index contributed by atoms with van der Waals surface area (Å²) in [4.78, 5) is 39.4. The van der Waals surface area contributed by atoms with Crippen molar-refractivity contribution in [2.24, 2.45) is 0 Å². The summed E-state index contributed by atoms with van der Waals surface area (Å²) in [5.74, 6) is -1.49. The van der Waals surface area contributed by atoms with Crippen molar-refractivity contribution in [2.75, 3.05) is 13.2 Å². The molecular weight excluding hydrogens is 432 g/mol. The molecule has 2 aromatic rings. The number of carbonyl (C=O) groups is 3. The van der Waals surface area contributed by atoms with E-state index in [1.165, 1.54) is 11.8 Å². The smallest absolute Gasteiger partial charge is 0.408 e. The number of nitrogens with zero attached hydrogens (tertiary/aromatic N) is 1. The molecule has 0 radical (unpaired) electrons. The van der Waals surface area contributed by atoms with E-state index >= 15 is 0 Å². The number of hydrogen-bond acceptors (Lipinski definition) is 4. The Labute approximate surface area is 200 Å². The molecule has 34 heavy (non-hydrogen) atoms. The average molecular weight is 465 g/mol. The van der Waals surface area contributed by atoms with E-state index in [1.807, 2.05) is 24.3 Å². The second kappa shape index (κ2) is 9.87. The lowest BCUT2D eigenvalue weighted by molar-refractivity contribution is -0.153. The number of nitrogens with one attached hydrogen (secondary N) is 1. The van der Waals surface area contributed by atoms with Gasteiger partial charge in [-0.15, -0.1) is 0 Å². The van der Waals surface area contributed by atoms with Crippen molar-refractivity contribution in [1.29, 1.82) is 0 Å². The first-order valence-electron chi connectivity index (χ1n) is 12.0. The van der Waals surface area contributed by atoms with Gasteiger partial charge in [-0.3, -0.25) is 4.79 Å². The molecule has 0 aliphatic heterocycles. The highest BCUT2D eigenvalue weighted by molar-refractivity contribution is 5.93. The van der Waals surface area contributed by atoms with E-state index in [-0.39, 0.29) is 25.0 Å². The predicted octanol–water partition coefficient (Wildman–Crippen LogP) is 4.55. The van der Waals surface area contributed by atoms with Gasteiger partial charge in [0.05, 0.1) is 0 Å². The number of fused-ring (bicyclic) bond motifs is 3. The Morgan fingerprint density at radius 2 is 1.59 bits per heavy atom. The third kappa shape index (κ3) is 4.39. The molecule has 2 aromatic carbocycles. The van der Waals surface area contributed by atoms with Gasteiger partial charge in [0.25, 0.3) is 0 Å². The minimum absolute atomic E-state index is 0.0738. The fourth-order valence-corrected chi connectivity index (χ4v) is 5.38. The molecule has 1 atom stereocenters. The van der Waals surface area contributed by atoms with Crippen LogP contribution in [0.5, 0.6) is 0 Å². The van der Waals surface area contributed by atoms with Gasteiger partial charge in [0.2, 0.25) is 5.91 Å². The molecule has 0 spiro atoms. The molecule has 0 saturated heterocycles. The van der Waals surface area contributed by atoms with Gasteiger partial charge in [0.1, 0.15) is 18.2 Å². The lowest BCUT2D eigenvalue weighted by Gasteiger charge is -2.40. The number of amides is 2. The molecule has 7 nitrogen and oxygen atoms in total. The summed E-state index contributed by atoms with van der Waals surface area (Å²) in [6.07, 6.45) is 2.85. The highest BCUT2D eigenvalue weighted by Gasteiger charge is 2.45. The number of benzene rings is 2. The molecule has 7 heteroatoms. The molecule has 1 saturated carbocycles. The van der Waals surface area contributed by atoms with Crippen LogP contribution < -0.4 is 5.32 Å². The lowest BCUT2D eigenvalue weighted by atomic mass is 9.80. The average Bonchev–Trinajstić information content (AvgIpc) is 3.17. The zero-order valence-corrected chi connectivity index (χ0v) is 19.8. The van der Waals surface area contributed by atoms with Gasteiger partial charge >= 0.3 is 12.1 Å². The predicted molar refractivity (Wildman–Crippen MR) is 129 cm³/mol. The molecule has 2 amide bonds. The van der Waals surface area contributed by atoms with Gasteiger partial charge in [-0.1, -0.05) is 67.8 Å². The molecule has 2 N–H and O–H groups in total. The molecule has 4 rings (SSSR count). The minimum atomic E-state index is -1.14. The molecule has 0 heterocycles. The summed E-state index contributed by atoms with van der Waals surface area (Å²) in [6, 6.07) is 15.3. The van der Waals surface area contributed by atoms with Crippen LogP contribution in [0.4, 0.5) is 4.79 Å². The van der Waals surface area contributed by atoms with Crippen LogP contribution in [0.3, 0.4) is 0 Å². The van der Waals surface area contributed by atoms with E-state index in [4.69, 9.17) is 4.74 Å². The summed E-state index contributed by atoms with van der Waals surface area (Å²) < 4.78 is 5.70. The summed E-state index contributed by atoms with van der Waals surface area (Å²) in [6.45, 7) is 3.66. The second-order valence-corrected chi connectivity index (χ2v) is 9.20. The summed E-state index contributed by atoms with van der Waals surface area (Å²) in [5.41, 5.74) is 3.39. The molecule has 0 aromatic heterocycles. The standard InChI is InChI=1S/C27H32N2O5/c1-3-29(18(2)24(30)31)25(32)27(15-9-4-10-16-27)28-26(33)34-17-23-21-13-7-5-11-19(21)20-12-6-8-14-22(20)23/h5-8,11-14,18,23H,3-4,9-10,15-17H2,1-2H3,(H,28,33)(H,30,31). The van der Waals surface area contributed by atoms with Gasteiger partial charge in [-0.05, 0) is 48.9 Å². The quantitative estimate of drug-likeness (QED) is 0.627. The number of ether oxygens (including phenoxy) is 1. The van der Waals surface area contributed by atoms with E-state index in [1.54, 1.807) is 6.92 Å². The third-order valence-corrected chi connectivity index (χ3v) is 7.23. The Hall–Kier alpha value is -3.35. The minimum Gasteiger partial charge on any atom is -0.480 e. The first kappa shape index (κ1) is 23.8. The van der Waals surface area contributed by atoms with Gasteiger partial charge < -0.3 is 20.1 Å². The van der Waals surface area contributed by atoms with Crippen molar-refractivity contribution in [2.45, 2.75) is 63.5 Å². The monoisotopic (exact) mass is 464 g/mol. The van der Waals surface area contributed by atoms with Crippen LogP contribution in [0.25, 0.3) is 11.1 Å². The number of hydrogen-bond donors (Lipinski definition) is 2. The van der Waals surface area contributed by atoms with Crippen LogP contribution >= 0.6 is 0 Å². The number of alkyl carbamates (subject to hydrolysis) is 1. The first-order chi connectivity index (χ1) is 16.4. The maximum absolute atomic E-state index is 13.5. The molecule has 2 aliphatic rings. The topological polar surface area (TPSA) is 95.9 Å². The first-order valence-corrected chi connectivity index (χ1v) is 12.0. The Balaban J connectivity index is 1.50. The fourth-order valence-electron chi connectivity index (χ4n) is 5.38. The lowest BCUT2D eigenvalue weighted by Crippen LogP contribution is -2.62. The van der Waals surface area contributed by atoms with E-state index in [2.05, 4.69) is 29.6 Å². The Morgan fingerprint density at radius 3 is 2.12 bits per heavy atom. The van der Waals surface area contributed by atoms with E-state index < -0.39 is 23.6 Å². The third-order valence-electron chi connectivity index (χ3n) is 7.23. The number of likely N-dealkylation sites (N-methyl/N-ethyl adjacent to an activating group) is 1. The van der Waals surface area contributed by atoms with E-state index in [0.717, 1.165) is 41.5 Å². The van der Waals surface area contributed by atoms with Crippen LogP contribution in [-0.2, 0) is 14.3 Å². The van der Waals surface area contributed by atoms with Crippen molar-refractivity contribution in [3.63, 3.8) is 0 Å². The van der Waals surface area contributed by atoms with Gasteiger partial charge in [0, 0.05) is 12.5 Å². The van der Waals surface area contributed by atoms with E-state index in [9.17, 15) is 19.5 Å². The molecule has 180 valence electrons. The maximum atomic E-state index is 13.5. The second-order valence-electron chi connectivity index (χ2n) is 9.20. The number of aliphatic carboxylic acids is 1. The zero-order chi connectivity index (χ0) is 24.3. The summed E-state index contributed by atoms with van der Waals surface area (Å²) in [7, 11) is 0. The molecule has 1 fully saturated rings. The van der Waals surface area contributed by atoms with Gasteiger partial charge in [-0.25, -0.2) is 9.59 Å². The van der Waals surface area contributed by atoms with Crippen LogP contribution in [-0.4, -0.2) is 52.7 Å². The van der Waals surface area contributed by atoms with Crippen molar-refractivity contribution in [3.05, 3.63) is 59.7 Å². The van der Waals surface area contributed by atoms with Crippen molar-refractivity contribution in [1.82, 2.24) is 10.2 Å². The van der Waals surface area contributed by atoms with E-state index in [0.29, 0.717) is 12.8 Å². The highest BCUT2D eigenvalue weighted by atomic mass is 16.5. The van der Waals surface area contributed by atoms with Crippen LogP contribution in [0.15, 0.2) is 48.5 Å². The Kier molecular flexibility index (Phi) is 6.91. The number of carboxylic acids is 1. The highest BCUT2D eigenvalue weighted by Crippen LogP contribution is 2.44. The van der Waals surface area contributed by atoms with Crippen molar-refractivity contribution in [3.8, 4) is 11.1 Å². The van der Waals surface area contributed by atoms with Crippen LogP contribution in [0, 0.1) is 0 Å². The normalized spacial score (nSPS) is 17.2. The molecule has 0 bridgehead atoms. The molecule has 2 aliphatic carbocycles.